The number of nitrogens with one attached hydrogen (secondary N) is 2. The summed E-state index contributed by atoms with van der Waals surface area (Å²) in [4.78, 5) is 14.1. The van der Waals surface area contributed by atoms with Crippen LogP contribution in [-0.4, -0.2) is 38.0 Å². The van der Waals surface area contributed by atoms with E-state index in [0.717, 1.165) is 12.1 Å². The number of amides is 1. The third-order valence-electron chi connectivity index (χ3n) is 3.67. The Morgan fingerprint density at radius 3 is 2.46 bits per heavy atom. The largest absolute Gasteiger partial charge is 0.416 e. The van der Waals surface area contributed by atoms with Gasteiger partial charge in [0.05, 0.1) is 16.8 Å². The van der Waals surface area contributed by atoms with Gasteiger partial charge in [-0.2, -0.15) is 13.2 Å². The van der Waals surface area contributed by atoms with E-state index < -0.39 is 11.7 Å². The smallest absolute Gasteiger partial charge is 0.355 e. The standard InChI is InChI=1S/C18H20F3N3O.ClH/c1-22-10-11-24(2)17(25)15-8-3-4-9-16(15)23-14-7-5-6-13(12-14)18(19,20)21;/h3-9,12,22-23H,10-11H2,1-2H3;1H. The lowest BCUT2D eigenvalue weighted by Crippen LogP contribution is -2.33. The molecular weight excluding hydrogens is 367 g/mol. The molecule has 4 nitrogen and oxygen atoms in total. The molecule has 2 N–H and O–H groups in total. The fraction of sp³-hybridized carbons (Fsp3) is 0.278. The number of halogens is 4. The molecule has 0 aliphatic heterocycles. The molecule has 1 amide bonds. The molecule has 142 valence electrons. The number of benzene rings is 2. The first-order valence-corrected chi connectivity index (χ1v) is 7.76. The van der Waals surface area contributed by atoms with Gasteiger partial charge < -0.3 is 15.5 Å². The summed E-state index contributed by atoms with van der Waals surface area (Å²) in [6.45, 7) is 1.17. The predicted octanol–water partition coefficient (Wildman–Crippen LogP) is 4.16. The van der Waals surface area contributed by atoms with E-state index in [2.05, 4.69) is 10.6 Å². The Hall–Kier alpha value is -2.25. The van der Waals surface area contributed by atoms with E-state index in [1.165, 1.54) is 12.1 Å². The summed E-state index contributed by atoms with van der Waals surface area (Å²) in [6.07, 6.45) is -4.42. The molecule has 0 unspecified atom stereocenters. The zero-order valence-electron chi connectivity index (χ0n) is 14.4. The molecule has 2 aromatic carbocycles. The average molecular weight is 388 g/mol. The summed E-state index contributed by atoms with van der Waals surface area (Å²) in [7, 11) is 3.47. The van der Waals surface area contributed by atoms with E-state index in [4.69, 9.17) is 0 Å². The summed E-state index contributed by atoms with van der Waals surface area (Å²) in [5, 5.41) is 5.88. The third kappa shape index (κ3) is 5.64. The van der Waals surface area contributed by atoms with Gasteiger partial charge in [-0.25, -0.2) is 0 Å². The summed E-state index contributed by atoms with van der Waals surface area (Å²) in [5.74, 6) is -0.203. The fourth-order valence-corrected chi connectivity index (χ4v) is 2.29. The minimum Gasteiger partial charge on any atom is -0.355 e. The van der Waals surface area contributed by atoms with E-state index in [9.17, 15) is 18.0 Å². The number of rotatable bonds is 6. The van der Waals surface area contributed by atoms with Crippen LogP contribution in [0.25, 0.3) is 0 Å². The second-order valence-electron chi connectivity index (χ2n) is 5.58. The molecule has 0 bridgehead atoms. The molecule has 0 saturated heterocycles. The highest BCUT2D eigenvalue weighted by Gasteiger charge is 2.30. The minimum atomic E-state index is -4.42. The molecule has 2 rings (SSSR count). The van der Waals surface area contributed by atoms with Crippen LogP contribution in [0.1, 0.15) is 15.9 Å². The van der Waals surface area contributed by atoms with Gasteiger partial charge in [0.25, 0.3) is 5.91 Å². The highest BCUT2D eigenvalue weighted by molar-refractivity contribution is 6.00. The number of hydrogen-bond acceptors (Lipinski definition) is 3. The molecule has 0 aromatic heterocycles. The molecule has 0 fully saturated rings. The molecule has 0 aliphatic rings. The van der Waals surface area contributed by atoms with E-state index in [1.54, 1.807) is 43.3 Å². The van der Waals surface area contributed by atoms with E-state index in [0.29, 0.717) is 24.3 Å². The van der Waals surface area contributed by atoms with Crippen molar-refractivity contribution in [2.45, 2.75) is 6.18 Å². The third-order valence-corrected chi connectivity index (χ3v) is 3.67. The molecular formula is C18H21ClF3N3O. The lowest BCUT2D eigenvalue weighted by atomic mass is 10.1. The van der Waals surface area contributed by atoms with E-state index in [1.807, 2.05) is 0 Å². The van der Waals surface area contributed by atoms with Crippen LogP contribution in [0.2, 0.25) is 0 Å². The van der Waals surface area contributed by atoms with Crippen LogP contribution in [-0.2, 0) is 6.18 Å². The molecule has 0 atom stereocenters. The molecule has 0 spiro atoms. The Bertz CT molecular complexity index is 738. The van der Waals surface area contributed by atoms with Gasteiger partial charge in [-0.05, 0) is 37.4 Å². The highest BCUT2D eigenvalue weighted by Crippen LogP contribution is 2.32. The Kier molecular flexibility index (Phi) is 7.92. The average Bonchev–Trinajstić information content (AvgIpc) is 2.59. The van der Waals surface area contributed by atoms with Crippen LogP contribution in [0.3, 0.4) is 0 Å². The van der Waals surface area contributed by atoms with Gasteiger partial charge in [0.2, 0.25) is 0 Å². The van der Waals surface area contributed by atoms with Crippen molar-refractivity contribution in [3.05, 3.63) is 59.7 Å². The number of anilines is 2. The van der Waals surface area contributed by atoms with Crippen LogP contribution in [0.4, 0.5) is 24.5 Å². The van der Waals surface area contributed by atoms with Gasteiger partial charge in [0, 0.05) is 25.8 Å². The van der Waals surface area contributed by atoms with Crippen molar-refractivity contribution < 1.29 is 18.0 Å². The van der Waals surface area contributed by atoms with Gasteiger partial charge in [-0.1, -0.05) is 18.2 Å². The van der Waals surface area contributed by atoms with Gasteiger partial charge in [-0.3, -0.25) is 4.79 Å². The summed E-state index contributed by atoms with van der Waals surface area (Å²) in [6, 6.07) is 11.6. The maximum Gasteiger partial charge on any atom is 0.416 e. The fourth-order valence-electron chi connectivity index (χ4n) is 2.29. The van der Waals surface area contributed by atoms with Crippen molar-refractivity contribution in [1.82, 2.24) is 10.2 Å². The Morgan fingerprint density at radius 2 is 1.81 bits per heavy atom. The van der Waals surface area contributed by atoms with Crippen molar-refractivity contribution in [2.24, 2.45) is 0 Å². The lowest BCUT2D eigenvalue weighted by Gasteiger charge is -2.19. The van der Waals surface area contributed by atoms with Crippen molar-refractivity contribution >= 4 is 29.7 Å². The summed E-state index contributed by atoms with van der Waals surface area (Å²) < 4.78 is 38.5. The number of para-hydroxylation sites is 1. The molecule has 0 aliphatic carbocycles. The first kappa shape index (κ1) is 21.8. The minimum absolute atomic E-state index is 0. The number of carbonyl (C=O) groups excluding carboxylic acids is 1. The monoisotopic (exact) mass is 387 g/mol. The number of hydrogen-bond donors (Lipinski definition) is 2. The first-order valence-electron chi connectivity index (χ1n) is 7.76. The second-order valence-corrected chi connectivity index (χ2v) is 5.58. The summed E-state index contributed by atoms with van der Waals surface area (Å²) in [5.41, 5.74) is 0.391. The summed E-state index contributed by atoms with van der Waals surface area (Å²) >= 11 is 0. The Labute approximate surface area is 156 Å². The van der Waals surface area contributed by atoms with E-state index >= 15 is 0 Å². The van der Waals surface area contributed by atoms with E-state index in [-0.39, 0.29) is 24.0 Å². The number of alkyl halides is 3. The van der Waals surface area contributed by atoms with Crippen LogP contribution in [0.15, 0.2) is 48.5 Å². The highest BCUT2D eigenvalue weighted by atomic mass is 35.5. The van der Waals surface area contributed by atoms with Gasteiger partial charge in [-0.15, -0.1) is 12.4 Å². The zero-order chi connectivity index (χ0) is 18.4. The normalized spacial score (nSPS) is 10.8. The van der Waals surface area contributed by atoms with Gasteiger partial charge in [0.15, 0.2) is 0 Å². The van der Waals surface area contributed by atoms with Crippen molar-refractivity contribution in [1.29, 1.82) is 0 Å². The SMILES string of the molecule is CNCCN(C)C(=O)c1ccccc1Nc1cccc(C(F)(F)F)c1.Cl. The molecule has 0 heterocycles. The van der Waals surface area contributed by atoms with Gasteiger partial charge in [0.1, 0.15) is 0 Å². The maximum absolute atomic E-state index is 12.8. The van der Waals surface area contributed by atoms with Crippen LogP contribution in [0.5, 0.6) is 0 Å². The maximum atomic E-state index is 12.8. The van der Waals surface area contributed by atoms with Crippen molar-refractivity contribution in [3.63, 3.8) is 0 Å². The first-order chi connectivity index (χ1) is 11.8. The topological polar surface area (TPSA) is 44.4 Å². The van der Waals surface area contributed by atoms with Crippen molar-refractivity contribution in [2.75, 3.05) is 32.5 Å². The van der Waals surface area contributed by atoms with Crippen LogP contribution >= 0.6 is 12.4 Å². The Balaban J connectivity index is 0.00000338. The van der Waals surface area contributed by atoms with Crippen LogP contribution in [0, 0.1) is 0 Å². The Morgan fingerprint density at radius 1 is 1.12 bits per heavy atom. The zero-order valence-corrected chi connectivity index (χ0v) is 15.2. The van der Waals surface area contributed by atoms with Crippen LogP contribution < -0.4 is 10.6 Å². The molecule has 8 heteroatoms. The number of nitrogens with zero attached hydrogens (tertiary/aromatic N) is 1. The molecule has 0 saturated carbocycles. The number of likely N-dealkylation sites (N-methyl/N-ethyl adjacent to an activating group) is 2. The quantitative estimate of drug-likeness (QED) is 0.782. The predicted molar refractivity (Wildman–Crippen MR) is 99.3 cm³/mol. The molecule has 26 heavy (non-hydrogen) atoms. The van der Waals surface area contributed by atoms with Crippen molar-refractivity contribution in [3.8, 4) is 0 Å². The lowest BCUT2D eigenvalue weighted by molar-refractivity contribution is -0.137. The molecule has 2 aromatic rings. The second kappa shape index (κ2) is 9.45. The molecule has 0 radical (unpaired) electrons. The number of carbonyl (C=O) groups is 1. The van der Waals surface area contributed by atoms with Gasteiger partial charge >= 0.3 is 6.18 Å².